The molecule has 0 saturated carbocycles. The Morgan fingerprint density at radius 3 is 2.06 bits per heavy atom. The zero-order chi connectivity index (χ0) is 13.9. The highest BCUT2D eigenvalue weighted by Crippen LogP contribution is 2.08. The Kier molecular flexibility index (Phi) is 9.99. The van der Waals surface area contributed by atoms with E-state index in [2.05, 4.69) is 11.6 Å². The van der Waals surface area contributed by atoms with Crippen LogP contribution in [0.2, 0.25) is 0 Å². The van der Waals surface area contributed by atoms with E-state index in [9.17, 15) is 8.42 Å². The third-order valence-electron chi connectivity index (χ3n) is 2.98. The summed E-state index contributed by atoms with van der Waals surface area (Å²) in [6.07, 6.45) is 9.47. The van der Waals surface area contributed by atoms with Gasteiger partial charge >= 0.3 is 0 Å². The largest absolute Gasteiger partial charge is 0.227 e. The van der Waals surface area contributed by atoms with Crippen molar-refractivity contribution in [3.8, 4) is 6.07 Å². The molecule has 0 fully saturated rings. The van der Waals surface area contributed by atoms with Crippen LogP contribution in [0, 0.1) is 11.3 Å². The molecule has 0 radical (unpaired) electrons. The summed E-state index contributed by atoms with van der Waals surface area (Å²) in [5.74, 6) is 0. The van der Waals surface area contributed by atoms with Crippen molar-refractivity contribution in [1.29, 1.82) is 5.26 Å². The summed E-state index contributed by atoms with van der Waals surface area (Å²) >= 11 is 0. The highest BCUT2D eigenvalue weighted by molar-refractivity contribution is 7.90. The van der Waals surface area contributed by atoms with Gasteiger partial charge in [-0.05, 0) is 13.3 Å². The molecule has 1 unspecified atom stereocenters. The number of unbranched alkanes of at least 4 members (excludes halogenated alkanes) is 7. The van der Waals surface area contributed by atoms with Crippen LogP contribution in [0.4, 0.5) is 0 Å². The topological polar surface area (TPSA) is 70.0 Å². The van der Waals surface area contributed by atoms with Gasteiger partial charge in [0.05, 0.1) is 6.07 Å². The second-order valence-electron chi connectivity index (χ2n) is 4.69. The third kappa shape index (κ3) is 8.48. The van der Waals surface area contributed by atoms with Crippen molar-refractivity contribution in [3.63, 3.8) is 0 Å². The highest BCUT2D eigenvalue weighted by Gasteiger charge is 2.18. The molecule has 0 saturated heterocycles. The van der Waals surface area contributed by atoms with Gasteiger partial charge in [0.2, 0.25) is 10.0 Å². The number of nitriles is 1. The lowest BCUT2D eigenvalue weighted by Gasteiger charge is -2.07. The maximum absolute atomic E-state index is 11.4. The van der Waals surface area contributed by atoms with Gasteiger partial charge in [-0.15, -0.1) is 0 Å². The summed E-state index contributed by atoms with van der Waals surface area (Å²) in [6.45, 7) is 4.05. The summed E-state index contributed by atoms with van der Waals surface area (Å²) in [6, 6.07) is 1.74. The fourth-order valence-corrected chi connectivity index (χ4v) is 2.49. The third-order valence-corrected chi connectivity index (χ3v) is 4.62. The molecule has 0 heterocycles. The Morgan fingerprint density at radius 1 is 1.06 bits per heavy atom. The van der Waals surface area contributed by atoms with Gasteiger partial charge in [-0.2, -0.15) is 5.26 Å². The summed E-state index contributed by atoms with van der Waals surface area (Å²) in [4.78, 5) is 0. The minimum atomic E-state index is -3.43. The summed E-state index contributed by atoms with van der Waals surface area (Å²) in [5, 5.41) is 7.58. The van der Waals surface area contributed by atoms with E-state index < -0.39 is 15.3 Å². The number of hydrogen-bond acceptors (Lipinski definition) is 3. The van der Waals surface area contributed by atoms with Crippen molar-refractivity contribution in [3.05, 3.63) is 0 Å². The monoisotopic (exact) mass is 274 g/mol. The number of hydrogen-bond donors (Lipinski definition) is 1. The molecular formula is C13H26N2O2S. The smallest absolute Gasteiger partial charge is 0.214 e. The Hall–Kier alpha value is -0.600. The van der Waals surface area contributed by atoms with E-state index in [-0.39, 0.29) is 0 Å². The van der Waals surface area contributed by atoms with Gasteiger partial charge in [0.15, 0.2) is 5.25 Å². The predicted molar refractivity (Wildman–Crippen MR) is 74.6 cm³/mol. The fraction of sp³-hybridized carbons (Fsp3) is 0.923. The highest BCUT2D eigenvalue weighted by atomic mass is 32.2. The quantitative estimate of drug-likeness (QED) is 0.589. The minimum absolute atomic E-state index is 0.448. The molecule has 0 aliphatic rings. The maximum atomic E-state index is 11.4. The molecule has 1 N–H and O–H groups in total. The van der Waals surface area contributed by atoms with E-state index in [0.29, 0.717) is 6.54 Å². The molecule has 0 aliphatic heterocycles. The zero-order valence-electron chi connectivity index (χ0n) is 11.6. The lowest BCUT2D eigenvalue weighted by molar-refractivity contribution is 0.557. The normalized spacial score (nSPS) is 13.2. The number of nitrogens with one attached hydrogen (secondary N) is 1. The van der Waals surface area contributed by atoms with Crippen LogP contribution in [0.15, 0.2) is 0 Å². The van der Waals surface area contributed by atoms with Crippen LogP contribution in [-0.4, -0.2) is 20.2 Å². The molecule has 5 heteroatoms. The van der Waals surface area contributed by atoms with Gasteiger partial charge in [0, 0.05) is 6.54 Å². The van der Waals surface area contributed by atoms with E-state index in [1.807, 2.05) is 0 Å². The molecule has 0 rings (SSSR count). The van der Waals surface area contributed by atoms with Gasteiger partial charge in [-0.1, -0.05) is 51.9 Å². The van der Waals surface area contributed by atoms with Crippen LogP contribution in [0.25, 0.3) is 0 Å². The Balaban J connectivity index is 3.44. The average Bonchev–Trinajstić information content (AvgIpc) is 2.35. The first-order valence-corrected chi connectivity index (χ1v) is 8.47. The molecule has 4 nitrogen and oxygen atoms in total. The molecule has 0 aromatic heterocycles. The Bertz CT molecular complexity index is 333. The predicted octanol–water partition coefficient (Wildman–Crippen LogP) is 2.96. The molecule has 0 spiro atoms. The molecule has 0 amide bonds. The second-order valence-corrected chi connectivity index (χ2v) is 6.77. The standard InChI is InChI=1S/C13H26N2O2S/c1-3-4-5-6-7-8-9-10-11-15-18(16,17)13(2)12-14/h13,15H,3-11H2,1-2H3. The van der Waals surface area contributed by atoms with E-state index in [1.54, 1.807) is 6.07 Å². The van der Waals surface area contributed by atoms with E-state index >= 15 is 0 Å². The first-order valence-electron chi connectivity index (χ1n) is 6.92. The molecule has 0 bridgehead atoms. The summed E-state index contributed by atoms with van der Waals surface area (Å²) in [7, 11) is -3.43. The van der Waals surface area contributed by atoms with Crippen LogP contribution in [0.5, 0.6) is 0 Å². The van der Waals surface area contributed by atoms with Crippen molar-refractivity contribution in [2.75, 3.05) is 6.54 Å². The molecule has 0 aromatic carbocycles. The van der Waals surface area contributed by atoms with Crippen molar-refractivity contribution in [2.45, 2.75) is 70.5 Å². The van der Waals surface area contributed by atoms with Crippen LogP contribution < -0.4 is 4.72 Å². The SMILES string of the molecule is CCCCCCCCCCNS(=O)(=O)C(C)C#N. The van der Waals surface area contributed by atoms with E-state index in [4.69, 9.17) is 5.26 Å². The van der Waals surface area contributed by atoms with E-state index in [1.165, 1.54) is 45.4 Å². The average molecular weight is 274 g/mol. The van der Waals surface area contributed by atoms with Crippen LogP contribution in [0.1, 0.15) is 65.2 Å². The van der Waals surface area contributed by atoms with Crippen molar-refractivity contribution < 1.29 is 8.42 Å². The Morgan fingerprint density at radius 2 is 1.56 bits per heavy atom. The minimum Gasteiger partial charge on any atom is -0.214 e. The first kappa shape index (κ1) is 17.4. The lowest BCUT2D eigenvalue weighted by Crippen LogP contribution is -2.32. The van der Waals surface area contributed by atoms with Crippen LogP contribution >= 0.6 is 0 Å². The Labute approximate surface area is 112 Å². The number of nitrogens with zero attached hydrogens (tertiary/aromatic N) is 1. The van der Waals surface area contributed by atoms with Crippen molar-refractivity contribution >= 4 is 10.0 Å². The molecule has 0 aromatic rings. The lowest BCUT2D eigenvalue weighted by atomic mass is 10.1. The van der Waals surface area contributed by atoms with Crippen LogP contribution in [-0.2, 0) is 10.0 Å². The number of rotatable bonds is 11. The molecule has 0 aliphatic carbocycles. The van der Waals surface area contributed by atoms with Gasteiger partial charge in [0.1, 0.15) is 0 Å². The van der Waals surface area contributed by atoms with Gasteiger partial charge in [0.25, 0.3) is 0 Å². The van der Waals surface area contributed by atoms with Gasteiger partial charge < -0.3 is 0 Å². The summed E-state index contributed by atoms with van der Waals surface area (Å²) < 4.78 is 25.3. The van der Waals surface area contributed by atoms with Crippen LogP contribution in [0.3, 0.4) is 0 Å². The number of sulfonamides is 1. The zero-order valence-corrected chi connectivity index (χ0v) is 12.4. The second kappa shape index (κ2) is 10.3. The van der Waals surface area contributed by atoms with E-state index in [0.717, 1.165) is 12.8 Å². The summed E-state index contributed by atoms with van der Waals surface area (Å²) in [5.41, 5.74) is 0. The maximum Gasteiger partial charge on any atom is 0.227 e. The fourth-order valence-electron chi connectivity index (χ4n) is 1.67. The molecular weight excluding hydrogens is 248 g/mol. The van der Waals surface area contributed by atoms with Crippen molar-refractivity contribution in [1.82, 2.24) is 4.72 Å². The molecule has 106 valence electrons. The molecule has 1 atom stereocenters. The van der Waals surface area contributed by atoms with Crippen molar-refractivity contribution in [2.24, 2.45) is 0 Å². The van der Waals surface area contributed by atoms with Gasteiger partial charge in [-0.25, -0.2) is 13.1 Å². The first-order chi connectivity index (χ1) is 8.54. The van der Waals surface area contributed by atoms with Gasteiger partial charge in [-0.3, -0.25) is 0 Å². The molecule has 18 heavy (non-hydrogen) atoms.